The van der Waals surface area contributed by atoms with E-state index in [-0.39, 0.29) is 6.61 Å². The zero-order chi connectivity index (χ0) is 15.1. The highest BCUT2D eigenvalue weighted by molar-refractivity contribution is 7.85. The third-order valence-electron chi connectivity index (χ3n) is 3.18. The van der Waals surface area contributed by atoms with Crippen molar-refractivity contribution in [2.75, 3.05) is 12.9 Å². The van der Waals surface area contributed by atoms with Crippen molar-refractivity contribution in [3.63, 3.8) is 0 Å². The molecule has 0 atom stereocenters. The van der Waals surface area contributed by atoms with Gasteiger partial charge in [-0.3, -0.25) is 4.18 Å². The molecule has 0 fully saturated rings. The Balaban J connectivity index is 1.82. The van der Waals surface area contributed by atoms with Crippen molar-refractivity contribution in [1.29, 1.82) is 0 Å². The van der Waals surface area contributed by atoms with E-state index in [1.807, 2.05) is 18.2 Å². The molecule has 0 radical (unpaired) electrons. The van der Waals surface area contributed by atoms with Crippen molar-refractivity contribution in [2.24, 2.45) is 0 Å². The van der Waals surface area contributed by atoms with E-state index in [2.05, 4.69) is 36.4 Å². The van der Waals surface area contributed by atoms with E-state index < -0.39 is 10.1 Å². The van der Waals surface area contributed by atoms with Crippen LogP contribution >= 0.6 is 0 Å². The number of hydrogen-bond acceptors (Lipinski definition) is 3. The first-order chi connectivity index (χ1) is 10.0. The van der Waals surface area contributed by atoms with Gasteiger partial charge < -0.3 is 0 Å². The van der Waals surface area contributed by atoms with Crippen LogP contribution in [0.1, 0.15) is 23.1 Å². The molecule has 0 aliphatic heterocycles. The predicted molar refractivity (Wildman–Crippen MR) is 84.8 cm³/mol. The van der Waals surface area contributed by atoms with Gasteiger partial charge in [0, 0.05) is 0 Å². The standard InChI is InChI=1S/C17H20O3S/c1-21(18,19)20-13-5-8-15-9-11-17(12-10-15)14-16-6-3-2-4-7-16/h2-4,6-7,9-12H,5,8,13-14H2,1H3. The summed E-state index contributed by atoms with van der Waals surface area (Å²) in [6.45, 7) is 0.241. The third kappa shape index (κ3) is 6.10. The van der Waals surface area contributed by atoms with Gasteiger partial charge in [0.15, 0.2) is 0 Å². The lowest BCUT2D eigenvalue weighted by Crippen LogP contribution is -2.04. The van der Waals surface area contributed by atoms with Crippen LogP contribution in [0.25, 0.3) is 0 Å². The summed E-state index contributed by atoms with van der Waals surface area (Å²) >= 11 is 0. The summed E-state index contributed by atoms with van der Waals surface area (Å²) in [5.74, 6) is 0. The number of aryl methyl sites for hydroxylation is 1. The number of benzene rings is 2. The minimum Gasteiger partial charge on any atom is -0.270 e. The minimum absolute atomic E-state index is 0.241. The molecule has 0 saturated carbocycles. The topological polar surface area (TPSA) is 43.4 Å². The molecule has 0 N–H and O–H groups in total. The molecule has 0 aromatic heterocycles. The van der Waals surface area contributed by atoms with Gasteiger partial charge in [-0.15, -0.1) is 0 Å². The molecule has 0 amide bonds. The lowest BCUT2D eigenvalue weighted by Gasteiger charge is -2.05. The Morgan fingerprint density at radius 2 is 1.43 bits per heavy atom. The predicted octanol–water partition coefficient (Wildman–Crippen LogP) is 3.19. The molecule has 0 spiro atoms. The van der Waals surface area contributed by atoms with E-state index in [1.165, 1.54) is 16.7 Å². The third-order valence-corrected chi connectivity index (χ3v) is 3.78. The Hall–Kier alpha value is -1.65. The molecule has 2 aromatic carbocycles. The van der Waals surface area contributed by atoms with Crippen molar-refractivity contribution in [3.05, 3.63) is 71.3 Å². The summed E-state index contributed by atoms with van der Waals surface area (Å²) in [4.78, 5) is 0. The van der Waals surface area contributed by atoms with Crippen LogP contribution in [0.4, 0.5) is 0 Å². The molecule has 0 bridgehead atoms. The maximum atomic E-state index is 10.8. The Morgan fingerprint density at radius 1 is 0.857 bits per heavy atom. The van der Waals surface area contributed by atoms with Gasteiger partial charge >= 0.3 is 0 Å². The second kappa shape index (κ2) is 7.38. The molecule has 0 unspecified atom stereocenters. The van der Waals surface area contributed by atoms with Crippen LogP contribution in [-0.2, 0) is 27.1 Å². The molecule has 0 heterocycles. The summed E-state index contributed by atoms with van der Waals surface area (Å²) in [6, 6.07) is 18.8. The van der Waals surface area contributed by atoms with E-state index in [9.17, 15) is 8.42 Å². The van der Waals surface area contributed by atoms with E-state index in [0.29, 0.717) is 6.42 Å². The zero-order valence-electron chi connectivity index (χ0n) is 12.2. The fourth-order valence-corrected chi connectivity index (χ4v) is 2.56. The molecule has 2 rings (SSSR count). The van der Waals surface area contributed by atoms with Crippen molar-refractivity contribution in [2.45, 2.75) is 19.3 Å². The quantitative estimate of drug-likeness (QED) is 0.583. The van der Waals surface area contributed by atoms with Gasteiger partial charge in [0.2, 0.25) is 0 Å². The average Bonchev–Trinajstić information content (AvgIpc) is 2.45. The molecule has 3 nitrogen and oxygen atoms in total. The van der Waals surface area contributed by atoms with Gasteiger partial charge in [0.25, 0.3) is 10.1 Å². The van der Waals surface area contributed by atoms with Crippen molar-refractivity contribution >= 4 is 10.1 Å². The summed E-state index contributed by atoms with van der Waals surface area (Å²) in [6.07, 6.45) is 3.52. The van der Waals surface area contributed by atoms with E-state index >= 15 is 0 Å². The van der Waals surface area contributed by atoms with E-state index in [1.54, 1.807) is 0 Å². The van der Waals surface area contributed by atoms with Gasteiger partial charge in [-0.1, -0.05) is 54.6 Å². The largest absolute Gasteiger partial charge is 0.270 e. The van der Waals surface area contributed by atoms with E-state index in [0.717, 1.165) is 19.1 Å². The van der Waals surface area contributed by atoms with Crippen LogP contribution < -0.4 is 0 Å². The van der Waals surface area contributed by atoms with Gasteiger partial charge in [0.05, 0.1) is 12.9 Å². The second-order valence-electron chi connectivity index (χ2n) is 5.11. The summed E-state index contributed by atoms with van der Waals surface area (Å²) in [5.41, 5.74) is 3.77. The van der Waals surface area contributed by atoms with Crippen LogP contribution in [0.2, 0.25) is 0 Å². The average molecular weight is 304 g/mol. The van der Waals surface area contributed by atoms with Crippen LogP contribution in [0.5, 0.6) is 0 Å². The molecule has 0 aliphatic carbocycles. The molecule has 2 aromatic rings. The Labute approximate surface area is 126 Å². The zero-order valence-corrected chi connectivity index (χ0v) is 13.0. The Morgan fingerprint density at radius 3 is 2.05 bits per heavy atom. The van der Waals surface area contributed by atoms with Gasteiger partial charge in [-0.05, 0) is 36.0 Å². The second-order valence-corrected chi connectivity index (χ2v) is 6.75. The summed E-state index contributed by atoms with van der Waals surface area (Å²) < 4.78 is 26.4. The fraction of sp³-hybridized carbons (Fsp3) is 0.294. The lowest BCUT2D eigenvalue weighted by atomic mass is 10.0. The molecule has 112 valence electrons. The molecule has 21 heavy (non-hydrogen) atoms. The molecular formula is C17H20O3S. The first-order valence-electron chi connectivity index (χ1n) is 6.99. The smallest absolute Gasteiger partial charge is 0.264 e. The highest BCUT2D eigenvalue weighted by atomic mass is 32.2. The summed E-state index contributed by atoms with van der Waals surface area (Å²) in [5, 5.41) is 0. The van der Waals surface area contributed by atoms with Crippen LogP contribution in [0.3, 0.4) is 0 Å². The van der Waals surface area contributed by atoms with Crippen molar-refractivity contribution in [3.8, 4) is 0 Å². The molecule has 0 aliphatic rings. The first kappa shape index (κ1) is 15.7. The van der Waals surface area contributed by atoms with Gasteiger partial charge in [-0.25, -0.2) is 0 Å². The molecular weight excluding hydrogens is 284 g/mol. The highest BCUT2D eigenvalue weighted by Gasteiger charge is 2.01. The van der Waals surface area contributed by atoms with Crippen LogP contribution in [0.15, 0.2) is 54.6 Å². The SMILES string of the molecule is CS(=O)(=O)OCCCc1ccc(Cc2ccccc2)cc1. The minimum atomic E-state index is -3.32. The maximum absolute atomic E-state index is 10.8. The summed E-state index contributed by atoms with van der Waals surface area (Å²) in [7, 11) is -3.32. The van der Waals surface area contributed by atoms with E-state index in [4.69, 9.17) is 4.18 Å². The van der Waals surface area contributed by atoms with Gasteiger partial charge in [0.1, 0.15) is 0 Å². The van der Waals surface area contributed by atoms with Crippen molar-refractivity contribution < 1.29 is 12.6 Å². The maximum Gasteiger partial charge on any atom is 0.264 e. The number of hydrogen-bond donors (Lipinski definition) is 0. The molecule has 0 saturated heterocycles. The Kier molecular flexibility index (Phi) is 5.53. The first-order valence-corrected chi connectivity index (χ1v) is 8.81. The fourth-order valence-electron chi connectivity index (χ4n) is 2.14. The Bertz CT molecular complexity index is 646. The normalized spacial score (nSPS) is 11.5. The monoisotopic (exact) mass is 304 g/mol. The lowest BCUT2D eigenvalue weighted by molar-refractivity contribution is 0.316. The highest BCUT2D eigenvalue weighted by Crippen LogP contribution is 2.12. The number of rotatable bonds is 7. The van der Waals surface area contributed by atoms with Crippen molar-refractivity contribution in [1.82, 2.24) is 0 Å². The van der Waals surface area contributed by atoms with Crippen LogP contribution in [-0.4, -0.2) is 21.3 Å². The van der Waals surface area contributed by atoms with Gasteiger partial charge in [-0.2, -0.15) is 8.42 Å². The van der Waals surface area contributed by atoms with Crippen LogP contribution in [0, 0.1) is 0 Å². The molecule has 4 heteroatoms.